The van der Waals surface area contributed by atoms with Crippen LogP contribution in [0.3, 0.4) is 0 Å². The highest BCUT2D eigenvalue weighted by Gasteiger charge is 2.16. The zero-order chi connectivity index (χ0) is 15.8. The molecule has 1 aromatic carbocycles. The topological polar surface area (TPSA) is 43.3 Å². The van der Waals surface area contributed by atoms with Crippen molar-refractivity contribution in [3.05, 3.63) is 58.4 Å². The van der Waals surface area contributed by atoms with Gasteiger partial charge in [0.05, 0.1) is 16.4 Å². The number of rotatable bonds is 3. The van der Waals surface area contributed by atoms with Gasteiger partial charge in [-0.3, -0.25) is 4.40 Å². The van der Waals surface area contributed by atoms with Crippen LogP contribution in [0, 0.1) is 0 Å². The highest BCUT2D eigenvalue weighted by atomic mass is 35.5. The molecule has 0 atom stereocenters. The van der Waals surface area contributed by atoms with Crippen molar-refractivity contribution < 1.29 is 0 Å². The summed E-state index contributed by atoms with van der Waals surface area (Å²) in [5.41, 5.74) is 13.1. The van der Waals surface area contributed by atoms with Gasteiger partial charge in [-0.05, 0) is 61.6 Å². The number of hydrogen-bond acceptors (Lipinski definition) is 2. The van der Waals surface area contributed by atoms with Crippen molar-refractivity contribution in [2.45, 2.75) is 32.1 Å². The van der Waals surface area contributed by atoms with Crippen LogP contribution in [0.5, 0.6) is 0 Å². The fourth-order valence-corrected chi connectivity index (χ4v) is 3.73. The van der Waals surface area contributed by atoms with E-state index >= 15 is 0 Å². The molecule has 2 N–H and O–H groups in total. The lowest BCUT2D eigenvalue weighted by molar-refractivity contribution is 0.686. The Morgan fingerprint density at radius 3 is 2.74 bits per heavy atom. The molecule has 0 saturated heterocycles. The normalized spacial score (nSPS) is 14.2. The van der Waals surface area contributed by atoms with E-state index in [9.17, 15) is 0 Å². The number of nitrogens with two attached hydrogens (primary N) is 1. The highest BCUT2D eigenvalue weighted by Crippen LogP contribution is 2.31. The summed E-state index contributed by atoms with van der Waals surface area (Å²) in [5.74, 6) is 0. The number of benzene rings is 1. The van der Waals surface area contributed by atoms with Crippen molar-refractivity contribution in [3.8, 4) is 11.3 Å². The number of fused-ring (bicyclic) bond motifs is 2. The quantitative estimate of drug-likeness (QED) is 0.790. The first-order chi connectivity index (χ1) is 11.3. The molecule has 1 aliphatic rings. The second-order valence-electron chi connectivity index (χ2n) is 6.21. The maximum absolute atomic E-state index is 6.21. The first-order valence-electron chi connectivity index (χ1n) is 8.25. The van der Waals surface area contributed by atoms with Crippen molar-refractivity contribution in [2.75, 3.05) is 6.54 Å². The molecule has 23 heavy (non-hydrogen) atoms. The molecule has 0 fully saturated rings. The van der Waals surface area contributed by atoms with Crippen molar-refractivity contribution in [1.29, 1.82) is 0 Å². The monoisotopic (exact) mass is 325 g/mol. The molecule has 4 rings (SSSR count). The van der Waals surface area contributed by atoms with Gasteiger partial charge in [-0.1, -0.05) is 23.7 Å². The Labute approximate surface area is 141 Å². The third-order valence-electron chi connectivity index (χ3n) is 4.66. The van der Waals surface area contributed by atoms with Crippen molar-refractivity contribution in [2.24, 2.45) is 5.73 Å². The first-order valence-corrected chi connectivity index (χ1v) is 8.63. The standard InChI is InChI=1S/C19H20ClN3/c20-16-7-8-18-22-17(9-10-21)19(23(18)12-16)15-6-5-13-3-1-2-4-14(13)11-15/h5-8,11-12H,1-4,9-10,21H2. The van der Waals surface area contributed by atoms with Crippen LogP contribution in [0.1, 0.15) is 29.7 Å². The zero-order valence-corrected chi connectivity index (χ0v) is 13.8. The molecule has 2 aromatic heterocycles. The predicted molar refractivity (Wildman–Crippen MR) is 95.0 cm³/mol. The van der Waals surface area contributed by atoms with Crippen LogP contribution in [-0.4, -0.2) is 15.9 Å². The van der Waals surface area contributed by atoms with Gasteiger partial charge < -0.3 is 5.73 Å². The Bertz CT molecular complexity index is 866. The van der Waals surface area contributed by atoms with E-state index < -0.39 is 0 Å². The molecule has 118 valence electrons. The molecule has 3 aromatic rings. The summed E-state index contributed by atoms with van der Waals surface area (Å²) >= 11 is 6.21. The van der Waals surface area contributed by atoms with E-state index in [0.717, 1.165) is 23.5 Å². The minimum Gasteiger partial charge on any atom is -0.330 e. The molecule has 0 bridgehead atoms. The van der Waals surface area contributed by atoms with Crippen molar-refractivity contribution in [1.82, 2.24) is 9.38 Å². The third-order valence-corrected chi connectivity index (χ3v) is 4.88. The summed E-state index contributed by atoms with van der Waals surface area (Å²) in [6.07, 6.45) is 7.67. The number of nitrogens with zero attached hydrogens (tertiary/aromatic N) is 2. The number of halogens is 1. The van der Waals surface area contributed by atoms with Crippen molar-refractivity contribution in [3.63, 3.8) is 0 Å². The SMILES string of the molecule is NCCc1nc2ccc(Cl)cn2c1-c1ccc2c(c1)CCCC2. The molecule has 0 radical (unpaired) electrons. The second kappa shape index (κ2) is 5.99. The average Bonchev–Trinajstić information content (AvgIpc) is 2.92. The summed E-state index contributed by atoms with van der Waals surface area (Å²) in [6, 6.07) is 10.7. The van der Waals surface area contributed by atoms with Crippen LogP contribution in [0.15, 0.2) is 36.5 Å². The van der Waals surface area contributed by atoms with E-state index in [1.807, 2.05) is 18.3 Å². The molecule has 0 unspecified atom stereocenters. The maximum atomic E-state index is 6.21. The Balaban J connectivity index is 1.92. The Hall–Kier alpha value is -1.84. The number of imidazole rings is 1. The van der Waals surface area contributed by atoms with Gasteiger partial charge in [-0.2, -0.15) is 0 Å². The molecule has 0 aliphatic heterocycles. The summed E-state index contributed by atoms with van der Waals surface area (Å²) in [4.78, 5) is 4.76. The van der Waals surface area contributed by atoms with Gasteiger partial charge in [0.15, 0.2) is 0 Å². The van der Waals surface area contributed by atoms with Crippen LogP contribution in [0.4, 0.5) is 0 Å². The largest absolute Gasteiger partial charge is 0.330 e. The van der Waals surface area contributed by atoms with E-state index in [1.165, 1.54) is 42.4 Å². The smallest absolute Gasteiger partial charge is 0.137 e. The van der Waals surface area contributed by atoms with Gasteiger partial charge in [0.2, 0.25) is 0 Å². The summed E-state index contributed by atoms with van der Waals surface area (Å²) in [6.45, 7) is 0.593. The van der Waals surface area contributed by atoms with Crippen LogP contribution in [-0.2, 0) is 19.3 Å². The van der Waals surface area contributed by atoms with Gasteiger partial charge in [0.1, 0.15) is 5.65 Å². The number of aromatic nitrogens is 2. The second-order valence-corrected chi connectivity index (χ2v) is 6.65. The molecular formula is C19H20ClN3. The molecular weight excluding hydrogens is 306 g/mol. The lowest BCUT2D eigenvalue weighted by Crippen LogP contribution is -2.05. The minimum absolute atomic E-state index is 0.593. The Kier molecular flexibility index (Phi) is 3.83. The van der Waals surface area contributed by atoms with Gasteiger partial charge in [0, 0.05) is 18.2 Å². The van der Waals surface area contributed by atoms with Crippen molar-refractivity contribution >= 4 is 17.2 Å². The minimum atomic E-state index is 0.593. The molecule has 0 amide bonds. The zero-order valence-electron chi connectivity index (χ0n) is 13.1. The number of hydrogen-bond donors (Lipinski definition) is 1. The Morgan fingerprint density at radius 2 is 1.91 bits per heavy atom. The molecule has 2 heterocycles. The van der Waals surface area contributed by atoms with Gasteiger partial charge in [-0.15, -0.1) is 0 Å². The fraction of sp³-hybridized carbons (Fsp3) is 0.316. The number of aryl methyl sites for hydroxylation is 2. The first kappa shape index (κ1) is 14.7. The third kappa shape index (κ3) is 2.64. The summed E-state index contributed by atoms with van der Waals surface area (Å²) in [7, 11) is 0. The van der Waals surface area contributed by atoms with E-state index in [0.29, 0.717) is 11.6 Å². The van der Waals surface area contributed by atoms with Crippen LogP contribution >= 0.6 is 11.6 Å². The fourth-order valence-electron chi connectivity index (χ4n) is 3.56. The highest BCUT2D eigenvalue weighted by molar-refractivity contribution is 6.30. The average molecular weight is 326 g/mol. The lowest BCUT2D eigenvalue weighted by atomic mass is 9.89. The number of pyridine rings is 1. The summed E-state index contributed by atoms with van der Waals surface area (Å²) in [5, 5.41) is 0.716. The lowest BCUT2D eigenvalue weighted by Gasteiger charge is -2.17. The van der Waals surface area contributed by atoms with Crippen LogP contribution in [0.2, 0.25) is 5.02 Å². The Morgan fingerprint density at radius 1 is 1.09 bits per heavy atom. The van der Waals surface area contributed by atoms with E-state index in [1.54, 1.807) is 0 Å². The molecule has 0 saturated carbocycles. The summed E-state index contributed by atoms with van der Waals surface area (Å²) < 4.78 is 2.10. The van der Waals surface area contributed by atoms with Crippen LogP contribution in [0.25, 0.3) is 16.9 Å². The van der Waals surface area contributed by atoms with Gasteiger partial charge >= 0.3 is 0 Å². The van der Waals surface area contributed by atoms with Gasteiger partial charge in [-0.25, -0.2) is 4.98 Å². The molecule has 1 aliphatic carbocycles. The maximum Gasteiger partial charge on any atom is 0.137 e. The molecule has 0 spiro atoms. The molecule has 4 heteroatoms. The van der Waals surface area contributed by atoms with Crippen LogP contribution < -0.4 is 5.73 Å². The molecule has 3 nitrogen and oxygen atoms in total. The van der Waals surface area contributed by atoms with E-state index in [4.69, 9.17) is 22.3 Å². The predicted octanol–water partition coefficient (Wildman–Crippen LogP) is 4.03. The van der Waals surface area contributed by atoms with E-state index in [-0.39, 0.29) is 0 Å². The van der Waals surface area contributed by atoms with Gasteiger partial charge in [0.25, 0.3) is 0 Å². The van der Waals surface area contributed by atoms with E-state index in [2.05, 4.69) is 22.6 Å².